The first-order valence-electron chi connectivity index (χ1n) is 13.3. The monoisotopic (exact) mass is 468 g/mol. The fourth-order valence-corrected chi connectivity index (χ4v) is 7.97. The van der Waals surface area contributed by atoms with Crippen LogP contribution in [0.1, 0.15) is 92.4 Å². The highest BCUT2D eigenvalue weighted by molar-refractivity contribution is 6.92. The normalized spacial score (nSPS) is 13.2. The summed E-state index contributed by atoms with van der Waals surface area (Å²) in [6.45, 7) is 13.0. The second-order valence-corrected chi connectivity index (χ2v) is 13.8. The van der Waals surface area contributed by atoms with Gasteiger partial charge in [0.2, 0.25) is 0 Å². The third-order valence-corrected chi connectivity index (χ3v) is 9.51. The Bertz CT molecular complexity index is 699. The average Bonchev–Trinajstić information content (AvgIpc) is 2.80. The van der Waals surface area contributed by atoms with Crippen LogP contribution in [0.15, 0.2) is 60.7 Å². The van der Waals surface area contributed by atoms with Crippen molar-refractivity contribution in [3.05, 3.63) is 60.7 Å². The molecule has 2 rings (SSSR count). The minimum atomic E-state index is -2.77. The van der Waals surface area contributed by atoms with Crippen LogP contribution in [0.5, 0.6) is 0 Å². The van der Waals surface area contributed by atoms with E-state index in [1.807, 2.05) is 0 Å². The molecule has 2 aromatic carbocycles. The molecule has 1 unspecified atom stereocenters. The van der Waals surface area contributed by atoms with E-state index in [1.165, 1.54) is 55.3 Å². The van der Waals surface area contributed by atoms with Crippen molar-refractivity contribution in [1.29, 1.82) is 0 Å². The standard InChI is InChI=1S/C30H48O2Si/c1-6-7-8-9-10-11-12-19-24-31-33(28-20-15-13-16-21-28,29-22-17-14-18-23-29)32-26-27(2)25-30(3,4)5/h13-18,20-23,27H,6-12,19,24-26H2,1-5H3. The lowest BCUT2D eigenvalue weighted by molar-refractivity contribution is 0.148. The summed E-state index contributed by atoms with van der Waals surface area (Å²) in [7, 11) is -2.77. The Morgan fingerprint density at radius 3 is 1.67 bits per heavy atom. The lowest BCUT2D eigenvalue weighted by Gasteiger charge is -2.33. The van der Waals surface area contributed by atoms with E-state index in [1.54, 1.807) is 0 Å². The van der Waals surface area contributed by atoms with Gasteiger partial charge < -0.3 is 8.85 Å². The predicted molar refractivity (Wildman–Crippen MR) is 146 cm³/mol. The first-order chi connectivity index (χ1) is 15.9. The molecule has 1 atom stereocenters. The van der Waals surface area contributed by atoms with E-state index in [4.69, 9.17) is 8.85 Å². The molecular formula is C30H48O2Si. The molecule has 0 saturated carbocycles. The van der Waals surface area contributed by atoms with E-state index >= 15 is 0 Å². The fraction of sp³-hybridized carbons (Fsp3) is 0.600. The number of hydrogen-bond donors (Lipinski definition) is 0. The van der Waals surface area contributed by atoms with Gasteiger partial charge >= 0.3 is 8.56 Å². The zero-order valence-corrected chi connectivity index (χ0v) is 22.9. The summed E-state index contributed by atoms with van der Waals surface area (Å²) in [6, 6.07) is 21.4. The second-order valence-electron chi connectivity index (χ2n) is 10.9. The van der Waals surface area contributed by atoms with Crippen LogP contribution in [0.4, 0.5) is 0 Å². The lowest BCUT2D eigenvalue weighted by atomic mass is 9.86. The number of rotatable bonds is 16. The van der Waals surface area contributed by atoms with Gasteiger partial charge in [-0.25, -0.2) is 0 Å². The van der Waals surface area contributed by atoms with E-state index in [0.29, 0.717) is 11.3 Å². The molecule has 2 nitrogen and oxygen atoms in total. The highest BCUT2D eigenvalue weighted by atomic mass is 28.4. The Kier molecular flexibility index (Phi) is 12.4. The van der Waals surface area contributed by atoms with Crippen molar-refractivity contribution in [1.82, 2.24) is 0 Å². The number of benzene rings is 2. The minimum Gasteiger partial charge on any atom is -0.388 e. The molecule has 2 aromatic rings. The van der Waals surface area contributed by atoms with Crippen molar-refractivity contribution in [2.24, 2.45) is 11.3 Å². The molecular weight excluding hydrogens is 420 g/mol. The maximum absolute atomic E-state index is 6.90. The second kappa shape index (κ2) is 14.8. The molecule has 0 amide bonds. The molecule has 0 N–H and O–H groups in total. The highest BCUT2D eigenvalue weighted by Crippen LogP contribution is 2.25. The largest absolute Gasteiger partial charge is 0.407 e. The van der Waals surface area contributed by atoms with Gasteiger partial charge in [-0.05, 0) is 34.5 Å². The summed E-state index contributed by atoms with van der Waals surface area (Å²) in [5.41, 5.74) is 0.296. The molecule has 184 valence electrons. The molecule has 33 heavy (non-hydrogen) atoms. The van der Waals surface area contributed by atoms with Gasteiger partial charge in [0.25, 0.3) is 0 Å². The number of hydrogen-bond acceptors (Lipinski definition) is 2. The quantitative estimate of drug-likeness (QED) is 0.188. The van der Waals surface area contributed by atoms with Crippen LogP contribution in [0, 0.1) is 11.3 Å². The first-order valence-corrected chi connectivity index (χ1v) is 15.1. The Morgan fingerprint density at radius 2 is 1.18 bits per heavy atom. The van der Waals surface area contributed by atoms with Gasteiger partial charge in [0.1, 0.15) is 0 Å². The summed E-state index contributed by atoms with van der Waals surface area (Å²) in [5, 5.41) is 2.41. The van der Waals surface area contributed by atoms with Crippen LogP contribution in [-0.2, 0) is 8.85 Å². The van der Waals surface area contributed by atoms with E-state index in [9.17, 15) is 0 Å². The van der Waals surface area contributed by atoms with E-state index in [2.05, 4.69) is 95.3 Å². The zero-order valence-electron chi connectivity index (χ0n) is 21.9. The Morgan fingerprint density at radius 1 is 0.697 bits per heavy atom. The summed E-state index contributed by atoms with van der Waals surface area (Å²) in [6.07, 6.45) is 11.6. The van der Waals surface area contributed by atoms with E-state index in [0.717, 1.165) is 26.1 Å². The fourth-order valence-electron chi connectivity index (χ4n) is 4.67. The number of unbranched alkanes of at least 4 members (excludes halogenated alkanes) is 7. The Hall–Kier alpha value is -1.42. The molecule has 0 radical (unpaired) electrons. The Balaban J connectivity index is 2.10. The molecule has 0 spiro atoms. The highest BCUT2D eigenvalue weighted by Gasteiger charge is 2.43. The molecule has 0 bridgehead atoms. The van der Waals surface area contributed by atoms with Crippen molar-refractivity contribution >= 4 is 18.9 Å². The minimum absolute atomic E-state index is 0.296. The summed E-state index contributed by atoms with van der Waals surface area (Å²) in [5.74, 6) is 0.482. The third-order valence-electron chi connectivity index (χ3n) is 6.14. The van der Waals surface area contributed by atoms with Gasteiger partial charge in [-0.3, -0.25) is 0 Å². The van der Waals surface area contributed by atoms with Crippen LogP contribution in [0.3, 0.4) is 0 Å². The topological polar surface area (TPSA) is 18.5 Å². The molecule has 3 heteroatoms. The molecule has 0 aliphatic rings. The van der Waals surface area contributed by atoms with Gasteiger partial charge in [0.05, 0.1) is 0 Å². The maximum Gasteiger partial charge on any atom is 0.407 e. The van der Waals surface area contributed by atoms with Crippen LogP contribution in [-0.4, -0.2) is 21.8 Å². The van der Waals surface area contributed by atoms with E-state index in [-0.39, 0.29) is 0 Å². The molecule has 0 aliphatic heterocycles. The molecule has 0 fully saturated rings. The average molecular weight is 469 g/mol. The van der Waals surface area contributed by atoms with Gasteiger partial charge in [0.15, 0.2) is 0 Å². The smallest absolute Gasteiger partial charge is 0.388 e. The van der Waals surface area contributed by atoms with Crippen molar-refractivity contribution in [3.8, 4) is 0 Å². The van der Waals surface area contributed by atoms with Crippen LogP contribution >= 0.6 is 0 Å². The predicted octanol–water partition coefficient (Wildman–Crippen LogP) is 7.49. The molecule has 0 saturated heterocycles. The SMILES string of the molecule is CCCCCCCCCCO[Si](OCC(C)CC(C)(C)C)(c1ccccc1)c1ccccc1. The summed E-state index contributed by atoms with van der Waals surface area (Å²) >= 11 is 0. The third kappa shape index (κ3) is 10.2. The van der Waals surface area contributed by atoms with Crippen LogP contribution < -0.4 is 10.4 Å². The van der Waals surface area contributed by atoms with Crippen molar-refractivity contribution in [2.75, 3.05) is 13.2 Å². The molecule has 0 aliphatic carbocycles. The van der Waals surface area contributed by atoms with Gasteiger partial charge in [-0.1, -0.05) is 140 Å². The van der Waals surface area contributed by atoms with Crippen molar-refractivity contribution < 1.29 is 8.85 Å². The lowest BCUT2D eigenvalue weighted by Crippen LogP contribution is -2.64. The Labute approximate surface area is 205 Å². The van der Waals surface area contributed by atoms with Gasteiger partial charge in [-0.2, -0.15) is 0 Å². The van der Waals surface area contributed by atoms with Crippen molar-refractivity contribution in [2.45, 2.75) is 92.4 Å². The van der Waals surface area contributed by atoms with Crippen LogP contribution in [0.2, 0.25) is 0 Å². The molecule has 0 heterocycles. The summed E-state index contributed by atoms with van der Waals surface area (Å²) < 4.78 is 13.7. The zero-order chi connectivity index (χ0) is 24.0. The van der Waals surface area contributed by atoms with Gasteiger partial charge in [-0.15, -0.1) is 0 Å². The van der Waals surface area contributed by atoms with Crippen molar-refractivity contribution in [3.63, 3.8) is 0 Å². The van der Waals surface area contributed by atoms with Gasteiger partial charge in [0, 0.05) is 13.2 Å². The molecule has 0 aromatic heterocycles. The van der Waals surface area contributed by atoms with Crippen LogP contribution in [0.25, 0.3) is 0 Å². The van der Waals surface area contributed by atoms with E-state index < -0.39 is 8.56 Å². The summed E-state index contributed by atoms with van der Waals surface area (Å²) in [4.78, 5) is 0. The maximum atomic E-state index is 6.90. The first kappa shape index (κ1) is 27.8.